The zero-order valence-corrected chi connectivity index (χ0v) is 19.8. The number of carbonyl (C=O) groups is 1. The van der Waals surface area contributed by atoms with E-state index in [-0.39, 0.29) is 5.91 Å². The number of hydrogen-bond donors (Lipinski definition) is 1. The van der Waals surface area contributed by atoms with Gasteiger partial charge in [0.2, 0.25) is 0 Å². The maximum atomic E-state index is 12.5. The van der Waals surface area contributed by atoms with Gasteiger partial charge in [0.15, 0.2) is 0 Å². The van der Waals surface area contributed by atoms with Gasteiger partial charge in [-0.1, -0.05) is 55.6 Å². The monoisotopic (exact) mass is 550 g/mol. The molecule has 8 heteroatoms. The third-order valence-corrected chi connectivity index (χ3v) is 5.29. The number of carbonyl (C=O) groups excluding carboxylic acids is 1. The Kier molecular flexibility index (Phi) is 7.90. The predicted molar refractivity (Wildman–Crippen MR) is 126 cm³/mol. The van der Waals surface area contributed by atoms with E-state index in [1.54, 1.807) is 18.2 Å². The second-order valence-electron chi connectivity index (χ2n) is 6.14. The molecule has 0 spiro atoms. The minimum absolute atomic E-state index is 0.373. The van der Waals surface area contributed by atoms with Gasteiger partial charge >= 0.3 is 0 Å². The van der Waals surface area contributed by atoms with Crippen LogP contribution in [0.15, 0.2) is 74.7 Å². The zero-order valence-electron chi connectivity index (χ0n) is 15.9. The summed E-state index contributed by atoms with van der Waals surface area (Å²) in [6.45, 7) is 0.376. The van der Waals surface area contributed by atoms with E-state index in [4.69, 9.17) is 21.1 Å². The molecule has 0 aliphatic heterocycles. The van der Waals surface area contributed by atoms with Crippen LogP contribution in [0.4, 0.5) is 0 Å². The van der Waals surface area contributed by atoms with Crippen molar-refractivity contribution < 1.29 is 14.3 Å². The van der Waals surface area contributed by atoms with Crippen LogP contribution in [0.2, 0.25) is 5.02 Å². The van der Waals surface area contributed by atoms with Crippen molar-refractivity contribution in [1.29, 1.82) is 0 Å². The van der Waals surface area contributed by atoms with Crippen LogP contribution in [-0.2, 0) is 6.61 Å². The number of methoxy groups -OCH3 is 1. The summed E-state index contributed by atoms with van der Waals surface area (Å²) in [6.07, 6.45) is 1.53. The highest BCUT2D eigenvalue weighted by molar-refractivity contribution is 9.10. The lowest BCUT2D eigenvalue weighted by atomic mass is 10.2. The minimum atomic E-state index is -0.386. The third-order valence-electron chi connectivity index (χ3n) is 4.06. The van der Waals surface area contributed by atoms with Crippen LogP contribution in [0.1, 0.15) is 21.5 Å². The van der Waals surface area contributed by atoms with Gasteiger partial charge in [-0.15, -0.1) is 0 Å². The normalized spacial score (nSPS) is 10.8. The molecule has 3 aromatic carbocycles. The first-order chi connectivity index (χ1) is 14.5. The van der Waals surface area contributed by atoms with E-state index in [1.807, 2.05) is 42.5 Å². The van der Waals surface area contributed by atoms with Crippen LogP contribution in [-0.4, -0.2) is 19.2 Å². The van der Waals surface area contributed by atoms with Gasteiger partial charge in [0.05, 0.1) is 18.9 Å². The molecule has 1 N–H and O–H groups in total. The Labute approximate surface area is 196 Å². The number of ether oxygens (including phenoxy) is 2. The molecule has 3 aromatic rings. The average Bonchev–Trinajstić information content (AvgIpc) is 2.74. The Morgan fingerprint density at radius 2 is 1.70 bits per heavy atom. The number of rotatable bonds is 7. The van der Waals surface area contributed by atoms with Crippen molar-refractivity contribution in [2.24, 2.45) is 5.10 Å². The van der Waals surface area contributed by atoms with E-state index in [9.17, 15) is 4.79 Å². The summed E-state index contributed by atoms with van der Waals surface area (Å²) in [6, 6.07) is 18.2. The molecule has 0 aliphatic rings. The molecule has 0 saturated heterocycles. The maximum Gasteiger partial charge on any atom is 0.275 e. The topological polar surface area (TPSA) is 59.9 Å². The van der Waals surface area contributed by atoms with Crippen LogP contribution in [0.5, 0.6) is 11.5 Å². The van der Waals surface area contributed by atoms with E-state index in [0.29, 0.717) is 34.3 Å². The summed E-state index contributed by atoms with van der Waals surface area (Å²) in [5.74, 6) is 0.703. The summed E-state index contributed by atoms with van der Waals surface area (Å²) in [4.78, 5) is 12.5. The number of halogens is 3. The summed E-state index contributed by atoms with van der Waals surface area (Å²) in [5.41, 5.74) is 4.59. The Balaban J connectivity index is 1.72. The predicted octanol–water partition coefficient (Wildman–Crippen LogP) is 6.22. The molecular weight excluding hydrogens is 536 g/mol. The van der Waals surface area contributed by atoms with Crippen LogP contribution in [0, 0.1) is 0 Å². The number of hydrazone groups is 1. The SMILES string of the molecule is COc1ccc(Br)cc1C(=O)N/N=C\c1cc(Br)ccc1OCc1ccc(Cl)cc1. The molecule has 1 amide bonds. The van der Waals surface area contributed by atoms with Crippen molar-refractivity contribution in [2.45, 2.75) is 6.61 Å². The Morgan fingerprint density at radius 1 is 1.03 bits per heavy atom. The summed E-state index contributed by atoms with van der Waals surface area (Å²) in [7, 11) is 1.51. The first-order valence-corrected chi connectivity index (χ1v) is 10.8. The van der Waals surface area contributed by atoms with E-state index in [2.05, 4.69) is 42.4 Å². The molecular formula is C22H17Br2ClN2O3. The standard InChI is InChI=1S/C22H17Br2ClN2O3/c1-29-21-9-5-17(24)11-19(21)22(28)27-26-12-15-10-16(23)4-8-20(15)30-13-14-2-6-18(25)7-3-14/h2-12H,13H2,1H3,(H,27,28)/b26-12-. The molecule has 0 aromatic heterocycles. The van der Waals surface area contributed by atoms with Gasteiger partial charge < -0.3 is 9.47 Å². The molecule has 5 nitrogen and oxygen atoms in total. The Hall–Kier alpha value is -2.35. The smallest absolute Gasteiger partial charge is 0.275 e. The molecule has 0 atom stereocenters. The summed E-state index contributed by atoms with van der Waals surface area (Å²) >= 11 is 12.7. The van der Waals surface area contributed by atoms with Crippen molar-refractivity contribution in [2.75, 3.05) is 7.11 Å². The lowest BCUT2D eigenvalue weighted by Gasteiger charge is -2.10. The molecule has 0 fully saturated rings. The number of hydrogen-bond acceptors (Lipinski definition) is 4. The number of nitrogens with zero attached hydrogens (tertiary/aromatic N) is 1. The second-order valence-corrected chi connectivity index (χ2v) is 8.41. The fourth-order valence-electron chi connectivity index (χ4n) is 2.57. The molecule has 30 heavy (non-hydrogen) atoms. The van der Waals surface area contributed by atoms with Gasteiger partial charge in [0.1, 0.15) is 18.1 Å². The first kappa shape index (κ1) is 22.3. The van der Waals surface area contributed by atoms with Gasteiger partial charge in [-0.05, 0) is 54.1 Å². The molecule has 0 unspecified atom stereocenters. The zero-order chi connectivity index (χ0) is 21.5. The summed E-state index contributed by atoms with van der Waals surface area (Å²) < 4.78 is 12.8. The van der Waals surface area contributed by atoms with Crippen molar-refractivity contribution in [3.63, 3.8) is 0 Å². The van der Waals surface area contributed by atoms with E-state index in [0.717, 1.165) is 14.5 Å². The molecule has 0 bridgehead atoms. The van der Waals surface area contributed by atoms with Crippen LogP contribution in [0.25, 0.3) is 0 Å². The van der Waals surface area contributed by atoms with Crippen LogP contribution in [0.3, 0.4) is 0 Å². The number of nitrogens with one attached hydrogen (secondary N) is 1. The van der Waals surface area contributed by atoms with Crippen LogP contribution < -0.4 is 14.9 Å². The van der Waals surface area contributed by atoms with Crippen molar-refractivity contribution in [3.8, 4) is 11.5 Å². The molecule has 0 saturated carbocycles. The summed E-state index contributed by atoms with van der Waals surface area (Å²) in [5, 5.41) is 4.75. The van der Waals surface area contributed by atoms with Crippen molar-refractivity contribution >= 4 is 55.6 Å². The third kappa shape index (κ3) is 6.08. The fraction of sp³-hybridized carbons (Fsp3) is 0.0909. The van der Waals surface area contributed by atoms with Crippen LogP contribution >= 0.6 is 43.5 Å². The second kappa shape index (κ2) is 10.6. The van der Waals surface area contributed by atoms with Crippen molar-refractivity contribution in [1.82, 2.24) is 5.43 Å². The van der Waals surface area contributed by atoms with Gasteiger partial charge in [-0.2, -0.15) is 5.10 Å². The molecule has 3 rings (SSSR count). The molecule has 0 heterocycles. The molecule has 0 aliphatic carbocycles. The number of amides is 1. The highest BCUT2D eigenvalue weighted by atomic mass is 79.9. The van der Waals surface area contributed by atoms with Crippen molar-refractivity contribution in [3.05, 3.63) is 91.3 Å². The van der Waals surface area contributed by atoms with Gasteiger partial charge in [0.25, 0.3) is 5.91 Å². The average molecular weight is 553 g/mol. The maximum absolute atomic E-state index is 12.5. The fourth-order valence-corrected chi connectivity index (χ4v) is 3.44. The van der Waals surface area contributed by atoms with E-state index < -0.39 is 0 Å². The Morgan fingerprint density at radius 3 is 2.40 bits per heavy atom. The lowest BCUT2D eigenvalue weighted by molar-refractivity contribution is 0.0952. The molecule has 154 valence electrons. The highest BCUT2D eigenvalue weighted by Gasteiger charge is 2.12. The quantitative estimate of drug-likeness (QED) is 0.280. The van der Waals surface area contributed by atoms with Gasteiger partial charge in [-0.25, -0.2) is 5.43 Å². The number of benzene rings is 3. The van der Waals surface area contributed by atoms with Gasteiger partial charge in [-0.3, -0.25) is 4.79 Å². The first-order valence-electron chi connectivity index (χ1n) is 8.80. The highest BCUT2D eigenvalue weighted by Crippen LogP contribution is 2.24. The largest absolute Gasteiger partial charge is 0.496 e. The minimum Gasteiger partial charge on any atom is -0.496 e. The molecule has 0 radical (unpaired) electrons. The van der Waals surface area contributed by atoms with E-state index >= 15 is 0 Å². The Bertz CT molecular complexity index is 1070. The van der Waals surface area contributed by atoms with E-state index in [1.165, 1.54) is 13.3 Å². The lowest BCUT2D eigenvalue weighted by Crippen LogP contribution is -2.18. The van der Waals surface area contributed by atoms with Gasteiger partial charge in [0, 0.05) is 19.5 Å².